The fourth-order valence-electron chi connectivity index (χ4n) is 9.18. The summed E-state index contributed by atoms with van der Waals surface area (Å²) in [5, 5.41) is 10.8. The minimum absolute atomic E-state index is 0.0617. The highest BCUT2D eigenvalue weighted by Crippen LogP contribution is 2.40. The Morgan fingerprint density at radius 2 is 1.91 bits per heavy atom. The molecule has 0 saturated carbocycles. The van der Waals surface area contributed by atoms with Crippen LogP contribution in [0.1, 0.15) is 84.0 Å². The molecule has 3 N–H and O–H groups in total. The van der Waals surface area contributed by atoms with Crippen molar-refractivity contribution in [3.63, 3.8) is 0 Å². The number of aryl methyl sites for hydroxylation is 1. The number of carbonyl (C=O) groups is 5. The van der Waals surface area contributed by atoms with Crippen LogP contribution in [0.2, 0.25) is 0 Å². The first-order chi connectivity index (χ1) is 31.5. The molecule has 2 saturated heterocycles. The van der Waals surface area contributed by atoms with Gasteiger partial charge in [0.25, 0.3) is 5.91 Å². The third-order valence-electron chi connectivity index (χ3n) is 12.8. The molecule has 3 aliphatic rings. The molecule has 0 aliphatic carbocycles. The number of cyclic esters (lactones) is 1. The van der Waals surface area contributed by atoms with Crippen LogP contribution in [-0.2, 0) is 48.0 Å². The second-order valence-electron chi connectivity index (χ2n) is 18.4. The number of amides is 5. The molecule has 5 atom stereocenters. The van der Waals surface area contributed by atoms with Crippen molar-refractivity contribution in [3.8, 4) is 11.3 Å². The smallest absolute Gasteiger partial charge is 0.324 e. The van der Waals surface area contributed by atoms with Crippen LogP contribution in [0, 0.1) is 11.3 Å². The number of carbonyl (C=O) groups excluding carboxylic acids is 5. The van der Waals surface area contributed by atoms with Gasteiger partial charge >= 0.3 is 12.0 Å². The molecular weight excluding hydrogens is 859 g/mol. The summed E-state index contributed by atoms with van der Waals surface area (Å²) in [7, 11) is 3.24. The minimum atomic E-state index is -1.10. The van der Waals surface area contributed by atoms with Crippen molar-refractivity contribution in [2.24, 2.45) is 16.3 Å². The lowest BCUT2D eigenvalue weighted by Gasteiger charge is -2.44. The maximum atomic E-state index is 14.6. The Balaban J connectivity index is 1.40. The number of nitrogens with zero attached hydrogens (tertiary/aromatic N) is 6. The topological polar surface area (TPSA) is 180 Å². The highest BCUT2D eigenvalue weighted by Gasteiger charge is 2.41. The molecule has 0 spiro atoms. The number of benzene rings is 1. The molecule has 6 bridgehead atoms. The summed E-state index contributed by atoms with van der Waals surface area (Å²) in [4.78, 5) is 81.6. The number of allylic oxidation sites excluding steroid dienone is 2. The van der Waals surface area contributed by atoms with Gasteiger partial charge < -0.3 is 34.5 Å². The van der Waals surface area contributed by atoms with Crippen molar-refractivity contribution in [2.75, 3.05) is 40.4 Å². The molecule has 3 aliphatic heterocycles. The Labute approximate surface area is 392 Å². The number of esters is 1. The Morgan fingerprint density at radius 1 is 1.15 bits per heavy atom. The second kappa shape index (κ2) is 21.3. The maximum absolute atomic E-state index is 14.6. The largest absolute Gasteiger partial charge is 0.464 e. The summed E-state index contributed by atoms with van der Waals surface area (Å²) in [6.07, 6.45) is 6.75. The summed E-state index contributed by atoms with van der Waals surface area (Å²) in [5.41, 5.74) is 8.81. The summed E-state index contributed by atoms with van der Waals surface area (Å²) in [6, 6.07) is 2.89. The van der Waals surface area contributed by atoms with Crippen LogP contribution in [0.15, 0.2) is 59.6 Å². The normalized spacial score (nSPS) is 21.3. The molecule has 1 aromatic carbocycles. The van der Waals surface area contributed by atoms with Gasteiger partial charge in [0.05, 0.1) is 40.8 Å². The molecule has 0 unspecified atom stereocenters. The van der Waals surface area contributed by atoms with Gasteiger partial charge in [-0.15, -0.1) is 11.3 Å². The summed E-state index contributed by atoms with van der Waals surface area (Å²) < 4.78 is 14.2. The highest BCUT2D eigenvalue weighted by molar-refractivity contribution is 7.10. The van der Waals surface area contributed by atoms with Crippen molar-refractivity contribution >= 4 is 63.7 Å². The summed E-state index contributed by atoms with van der Waals surface area (Å²) in [5.74, 6) is -2.06. The van der Waals surface area contributed by atoms with Gasteiger partial charge in [0, 0.05) is 85.8 Å². The Morgan fingerprint density at radius 3 is 2.55 bits per heavy atom. The van der Waals surface area contributed by atoms with E-state index in [-0.39, 0.29) is 49.6 Å². The van der Waals surface area contributed by atoms with E-state index in [1.807, 2.05) is 45.2 Å². The molecule has 0 radical (unpaired) electrons. The van der Waals surface area contributed by atoms with Gasteiger partial charge in [0.15, 0.2) is 0 Å². The third-order valence-corrected chi connectivity index (χ3v) is 13.6. The first kappa shape index (κ1) is 49.8. The summed E-state index contributed by atoms with van der Waals surface area (Å²) in [6.45, 7) is 23.4. The van der Waals surface area contributed by atoms with Gasteiger partial charge in [-0.1, -0.05) is 53.0 Å². The monoisotopic (exact) mass is 925 g/mol. The van der Waals surface area contributed by atoms with Crippen LogP contribution >= 0.6 is 11.3 Å². The zero-order valence-electron chi connectivity index (χ0n) is 39.9. The molecule has 2 aromatic heterocycles. The Kier molecular flexibility index (Phi) is 16.1. The number of rotatable bonds is 13. The van der Waals surface area contributed by atoms with Gasteiger partial charge in [-0.2, -0.15) is 0 Å². The van der Waals surface area contributed by atoms with E-state index < -0.39 is 41.3 Å². The first-order valence-corrected chi connectivity index (χ1v) is 23.8. The van der Waals surface area contributed by atoms with E-state index in [0.29, 0.717) is 50.3 Å². The lowest BCUT2D eigenvalue weighted by atomic mass is 9.84. The van der Waals surface area contributed by atoms with Gasteiger partial charge in [-0.3, -0.25) is 29.2 Å². The van der Waals surface area contributed by atoms with Gasteiger partial charge in [0.1, 0.15) is 18.1 Å². The molecule has 16 nitrogen and oxygen atoms in total. The number of hydrogen-bond donors (Lipinski definition) is 3. The van der Waals surface area contributed by atoms with E-state index in [4.69, 9.17) is 19.5 Å². The fraction of sp³-hybridized carbons (Fsp3) is 0.531. The molecule has 5 heterocycles. The van der Waals surface area contributed by atoms with E-state index >= 15 is 0 Å². The van der Waals surface area contributed by atoms with Gasteiger partial charge in [-0.05, 0) is 76.1 Å². The third kappa shape index (κ3) is 10.6. The number of hydrazine groups is 1. The zero-order valence-corrected chi connectivity index (χ0v) is 40.8. The van der Waals surface area contributed by atoms with Crippen molar-refractivity contribution in [3.05, 3.63) is 70.9 Å². The second-order valence-corrected chi connectivity index (χ2v) is 19.3. The average Bonchev–Trinajstić information content (AvgIpc) is 3.88. The Bertz CT molecular complexity index is 2400. The maximum Gasteiger partial charge on any atom is 0.324 e. The van der Waals surface area contributed by atoms with Crippen molar-refractivity contribution < 1.29 is 33.4 Å². The molecule has 5 amide bonds. The Hall–Kier alpha value is -5.65. The van der Waals surface area contributed by atoms with Crippen LogP contribution in [0.4, 0.5) is 4.79 Å². The quantitative estimate of drug-likeness (QED) is 0.0814. The van der Waals surface area contributed by atoms with Crippen LogP contribution in [0.3, 0.4) is 0 Å². The number of nitrogens with one attached hydrogen (secondary N) is 3. The number of aliphatic imine (C=N–C) groups is 1. The minimum Gasteiger partial charge on any atom is -0.464 e. The number of likely N-dealkylation sites (N-methyl/N-ethyl adjacent to an activating group) is 1. The van der Waals surface area contributed by atoms with Crippen molar-refractivity contribution in [1.82, 2.24) is 40.4 Å². The van der Waals surface area contributed by atoms with Crippen molar-refractivity contribution in [1.29, 1.82) is 0 Å². The number of ether oxygens (including phenoxy) is 2. The number of hydrogen-bond acceptors (Lipinski definition) is 11. The van der Waals surface area contributed by atoms with Crippen molar-refractivity contribution in [2.45, 2.75) is 117 Å². The molecule has 17 heteroatoms. The number of fused-ring (bicyclic) bond motifs is 6. The molecule has 6 rings (SSSR count). The number of urea groups is 1. The molecule has 356 valence electrons. The van der Waals surface area contributed by atoms with Crippen LogP contribution in [-0.4, -0.2) is 131 Å². The SMILES string of the molecule is C=CC(=O)NC[C@H]1CCN1C(=O)N(C)[C@H](C(=O)N[C@H]1Cc2nc(cs2)-c2ccc3c(c2)c(c(/C(C=C)=C(/N=CC)[C@H](C)OC)n3CC)CC(C)(C)COC(=O)[C@@H]2CCCN(N2)C1=O)C(C)C. The number of methoxy groups -OCH3 is 1. The molecular formula is C49H67N9O7S. The van der Waals surface area contributed by atoms with Gasteiger partial charge in [-0.25, -0.2) is 15.2 Å². The van der Waals surface area contributed by atoms with E-state index in [1.165, 1.54) is 27.3 Å². The number of likely N-dealkylation sites (tertiary alicyclic amines) is 1. The number of thiazole rings is 1. The molecule has 2 fully saturated rings. The summed E-state index contributed by atoms with van der Waals surface area (Å²) >= 11 is 1.39. The highest BCUT2D eigenvalue weighted by atomic mass is 32.1. The van der Waals surface area contributed by atoms with Crippen LogP contribution < -0.4 is 16.1 Å². The van der Waals surface area contributed by atoms with E-state index in [2.05, 4.69) is 66.7 Å². The number of aromatic nitrogens is 2. The standard InChI is InChI=1S/C49H67N9O7S/c1-12-33(42(50-14-3)30(7)64-11)44-35-25-49(8,9)28-65-47(62)36-17-16-21-58(54-36)46(61)37(24-41-52-38(27-66-41)31-18-19-39(34(35)23-31)56(44)15-4)53-45(60)43(29(5)6)55(10)48(63)57-22-20-32(57)26-51-40(59)13-2/h12-14,18-19,23,27,29-30,32,36-37,43,54H,1-2,15-17,20-22,24-26,28H2,3-11H3,(H,51,59)(H,53,60)/b42-33+,50-14?/t30-,32+,36-,37-,43-/m0/s1. The van der Waals surface area contributed by atoms with Gasteiger partial charge in [0.2, 0.25) is 11.8 Å². The fourth-order valence-corrected chi connectivity index (χ4v) is 10.0. The predicted molar refractivity (Wildman–Crippen MR) is 259 cm³/mol. The zero-order chi connectivity index (χ0) is 48.0. The molecule has 3 aromatic rings. The van der Waals surface area contributed by atoms with E-state index in [1.54, 1.807) is 25.3 Å². The average molecular weight is 926 g/mol. The molecule has 66 heavy (non-hydrogen) atoms. The lowest BCUT2D eigenvalue weighted by Crippen LogP contribution is -2.64. The lowest BCUT2D eigenvalue weighted by molar-refractivity contribution is -0.155. The van der Waals surface area contributed by atoms with Crippen LogP contribution in [0.5, 0.6) is 0 Å². The van der Waals surface area contributed by atoms with Crippen LogP contribution in [0.25, 0.3) is 27.7 Å². The predicted octanol–water partition coefficient (Wildman–Crippen LogP) is 5.91. The van der Waals surface area contributed by atoms with E-state index in [0.717, 1.165) is 44.7 Å². The first-order valence-electron chi connectivity index (χ1n) is 22.9. The van der Waals surface area contributed by atoms with E-state index in [9.17, 15) is 24.0 Å².